The maximum atomic E-state index is 14.6. The zero-order chi connectivity index (χ0) is 44.4. The molecular weight excluding hydrogens is 862 g/mol. The molecule has 2 aromatic heterocycles. The van der Waals surface area contributed by atoms with Gasteiger partial charge in [0.1, 0.15) is 34.6 Å². The summed E-state index contributed by atoms with van der Waals surface area (Å²) in [6.07, 6.45) is -4.05. The van der Waals surface area contributed by atoms with Gasteiger partial charge in [0, 0.05) is 0 Å². The van der Waals surface area contributed by atoms with E-state index in [9.17, 15) is 21.6 Å². The van der Waals surface area contributed by atoms with Crippen LogP contribution >= 0.6 is 12.2 Å². The number of fused-ring (bicyclic) bond motifs is 1. The number of aromatic amines is 1. The maximum Gasteiger partial charge on any atom is 0.523 e. The maximum absolute atomic E-state index is 14.6. The summed E-state index contributed by atoms with van der Waals surface area (Å²) < 4.78 is 99.0. The minimum Gasteiger partial charge on any atom is -0.358 e. The van der Waals surface area contributed by atoms with Crippen LogP contribution in [0.4, 0.5) is 13.2 Å². The number of aromatic nitrogens is 4. The number of hydrogen-bond donors (Lipinski definition) is 1. The Bertz CT molecular complexity index is 2790. The van der Waals surface area contributed by atoms with Crippen LogP contribution in [-0.2, 0) is 39.7 Å². The lowest BCUT2D eigenvalue weighted by molar-refractivity contribution is -0.131. The molecule has 4 atom stereocenters. The van der Waals surface area contributed by atoms with Gasteiger partial charge in [-0.05, 0) is 33.4 Å². The van der Waals surface area contributed by atoms with Crippen LogP contribution in [0.2, 0.25) is 0 Å². The Kier molecular flexibility index (Phi) is 11.9. The number of ether oxygens (including phenoxy) is 3. The van der Waals surface area contributed by atoms with Crippen molar-refractivity contribution in [1.29, 1.82) is 0 Å². The number of benzene rings is 6. The molecule has 10 nitrogen and oxygen atoms in total. The standard InChI is InChI=1S/C49H39F3N4O6S2/c50-49(51,52)64(57,58)62-43-42(61-48(37-25-13-4-14-26-37,38-27-15-5-16-28-38)39-29-17-6-18-30-39)40(60-46(43)56-33-55-41-44(56)53-32-54-45(41)63)31-59-47(34-19-7-1-8-20-34,35-21-9-2-10-22-35)36-23-11-3-12-24-36/h1-30,32-33,40,42-43,46H,31H2,(H,53,54,63)/t40-,42-,43-,46-/m1/s1. The van der Waals surface area contributed by atoms with Gasteiger partial charge in [0.2, 0.25) is 0 Å². The smallest absolute Gasteiger partial charge is 0.358 e. The molecule has 9 rings (SSSR count). The van der Waals surface area contributed by atoms with Gasteiger partial charge in [-0.3, -0.25) is 8.75 Å². The van der Waals surface area contributed by atoms with Gasteiger partial charge < -0.3 is 19.2 Å². The second-order valence-electron chi connectivity index (χ2n) is 15.0. The summed E-state index contributed by atoms with van der Waals surface area (Å²) in [7, 11) is -6.32. The molecule has 8 aromatic rings. The Morgan fingerprint density at radius 3 is 1.42 bits per heavy atom. The molecule has 0 bridgehead atoms. The van der Waals surface area contributed by atoms with Gasteiger partial charge in [0.05, 0.1) is 19.3 Å². The number of alkyl halides is 3. The molecule has 6 aromatic carbocycles. The van der Waals surface area contributed by atoms with Crippen molar-refractivity contribution in [1.82, 2.24) is 19.5 Å². The van der Waals surface area contributed by atoms with Gasteiger partial charge in [0.25, 0.3) is 0 Å². The van der Waals surface area contributed by atoms with E-state index in [0.29, 0.717) is 16.7 Å². The van der Waals surface area contributed by atoms with Crippen LogP contribution in [0, 0.1) is 4.64 Å². The second-order valence-corrected chi connectivity index (χ2v) is 17.0. The third-order valence-corrected chi connectivity index (χ3v) is 12.7. The fraction of sp³-hybridized carbons (Fsp3) is 0.163. The summed E-state index contributed by atoms with van der Waals surface area (Å²) in [5, 5.41) is 0. The normalized spacial score (nSPS) is 18.3. The molecule has 324 valence electrons. The van der Waals surface area contributed by atoms with Gasteiger partial charge >= 0.3 is 15.6 Å². The molecule has 3 heterocycles. The zero-order valence-electron chi connectivity index (χ0n) is 33.7. The average Bonchev–Trinajstić information content (AvgIpc) is 3.91. The van der Waals surface area contributed by atoms with Gasteiger partial charge in [-0.2, -0.15) is 21.6 Å². The van der Waals surface area contributed by atoms with Crippen LogP contribution in [0.15, 0.2) is 195 Å². The molecule has 0 saturated carbocycles. The van der Waals surface area contributed by atoms with Crippen molar-refractivity contribution in [2.24, 2.45) is 0 Å². The number of nitrogens with one attached hydrogen (secondary N) is 1. The van der Waals surface area contributed by atoms with E-state index in [1.165, 1.54) is 17.2 Å². The molecule has 15 heteroatoms. The monoisotopic (exact) mass is 900 g/mol. The predicted octanol–water partition coefficient (Wildman–Crippen LogP) is 10.0. The first-order valence-corrected chi connectivity index (χ1v) is 22.0. The lowest BCUT2D eigenvalue weighted by Crippen LogP contribution is -2.48. The Hall–Kier alpha value is -6.33. The van der Waals surface area contributed by atoms with Gasteiger partial charge in [0.15, 0.2) is 17.0 Å². The number of nitrogens with zero attached hydrogens (tertiary/aromatic N) is 3. The van der Waals surface area contributed by atoms with Crippen molar-refractivity contribution in [2.45, 2.75) is 41.3 Å². The molecule has 64 heavy (non-hydrogen) atoms. The van der Waals surface area contributed by atoms with E-state index in [1.807, 2.05) is 182 Å². The average molecular weight is 901 g/mol. The predicted molar refractivity (Wildman–Crippen MR) is 236 cm³/mol. The lowest BCUT2D eigenvalue weighted by atomic mass is 9.79. The topological polar surface area (TPSA) is 118 Å². The van der Waals surface area contributed by atoms with Crippen LogP contribution in [0.25, 0.3) is 11.2 Å². The molecule has 1 saturated heterocycles. The number of hydrogen-bond acceptors (Lipinski definition) is 9. The molecule has 0 aliphatic carbocycles. The largest absolute Gasteiger partial charge is 0.523 e. The highest BCUT2D eigenvalue weighted by atomic mass is 32.2. The summed E-state index contributed by atoms with van der Waals surface area (Å²) >= 11 is 5.44. The summed E-state index contributed by atoms with van der Waals surface area (Å²) in [4.78, 5) is 11.5. The first-order valence-electron chi connectivity index (χ1n) is 20.2. The van der Waals surface area contributed by atoms with Crippen molar-refractivity contribution in [2.75, 3.05) is 6.61 Å². The number of rotatable bonds is 14. The van der Waals surface area contributed by atoms with Crippen molar-refractivity contribution >= 4 is 33.5 Å². The highest BCUT2D eigenvalue weighted by molar-refractivity contribution is 7.87. The van der Waals surface area contributed by atoms with Crippen LogP contribution in [0.1, 0.15) is 39.6 Å². The van der Waals surface area contributed by atoms with Gasteiger partial charge in [-0.25, -0.2) is 9.97 Å². The van der Waals surface area contributed by atoms with Crippen molar-refractivity contribution in [3.8, 4) is 0 Å². The summed E-state index contributed by atoms with van der Waals surface area (Å²) in [5.74, 6) is 0. The Balaban J connectivity index is 1.29. The summed E-state index contributed by atoms with van der Waals surface area (Å²) in [6, 6.07) is 55.9. The first kappa shape index (κ1) is 42.9. The molecule has 1 N–H and O–H groups in total. The molecule has 0 radical (unpaired) electrons. The highest BCUT2D eigenvalue weighted by Crippen LogP contribution is 2.48. The van der Waals surface area contributed by atoms with Crippen molar-refractivity contribution in [3.05, 3.63) is 233 Å². The second kappa shape index (κ2) is 17.7. The van der Waals surface area contributed by atoms with Gasteiger partial charge in [-0.15, -0.1) is 0 Å². The molecule has 0 spiro atoms. The number of H-pyrrole nitrogens is 1. The van der Waals surface area contributed by atoms with Crippen LogP contribution in [-0.4, -0.2) is 58.4 Å². The highest BCUT2D eigenvalue weighted by Gasteiger charge is 2.58. The minimum atomic E-state index is -6.32. The number of halogens is 3. The fourth-order valence-electron chi connectivity index (χ4n) is 8.48. The van der Waals surface area contributed by atoms with Crippen LogP contribution in [0.3, 0.4) is 0 Å². The first-order chi connectivity index (χ1) is 31.0. The van der Waals surface area contributed by atoms with E-state index in [0.717, 1.165) is 16.7 Å². The fourth-order valence-corrected chi connectivity index (χ4v) is 9.29. The molecule has 1 fully saturated rings. The van der Waals surface area contributed by atoms with Crippen LogP contribution in [0.5, 0.6) is 0 Å². The summed E-state index contributed by atoms with van der Waals surface area (Å²) in [6.45, 7) is -0.371. The minimum absolute atomic E-state index is 0.0909. The van der Waals surface area contributed by atoms with Gasteiger partial charge in [-0.1, -0.05) is 194 Å². The zero-order valence-corrected chi connectivity index (χ0v) is 35.4. The molecule has 1 aliphatic rings. The van der Waals surface area contributed by atoms with E-state index in [-0.39, 0.29) is 22.4 Å². The third kappa shape index (κ3) is 7.84. The van der Waals surface area contributed by atoms with Crippen molar-refractivity contribution < 1.29 is 40.0 Å². The van der Waals surface area contributed by atoms with E-state index in [4.69, 9.17) is 30.6 Å². The van der Waals surface area contributed by atoms with Crippen molar-refractivity contribution in [3.63, 3.8) is 0 Å². The quantitative estimate of drug-likeness (QED) is 0.0493. The lowest BCUT2D eigenvalue weighted by Gasteiger charge is -2.41. The van der Waals surface area contributed by atoms with E-state index >= 15 is 0 Å². The Morgan fingerprint density at radius 1 is 0.609 bits per heavy atom. The SMILES string of the molecule is O=S(=O)(O[C@@H]1[C@H](OC(c2ccccc2)(c2ccccc2)c2ccccc2)[C@@H](COC(c2ccccc2)(c2ccccc2)c2ccccc2)O[C@H]1n1cnc2c(=S)nc[nH]c21)C(F)(F)F. The number of imidazole rings is 1. The van der Waals surface area contributed by atoms with E-state index in [1.54, 1.807) is 0 Å². The molecular formula is C49H39F3N4O6S2. The van der Waals surface area contributed by atoms with E-state index < -0.39 is 51.4 Å². The molecule has 0 unspecified atom stereocenters. The third-order valence-electron chi connectivity index (χ3n) is 11.3. The van der Waals surface area contributed by atoms with E-state index in [2.05, 4.69) is 15.0 Å². The van der Waals surface area contributed by atoms with Crippen LogP contribution < -0.4 is 0 Å². The Labute approximate surface area is 372 Å². The Morgan fingerprint density at radius 2 is 1.02 bits per heavy atom. The summed E-state index contributed by atoms with van der Waals surface area (Å²) in [5.41, 5.74) is -4.41. The molecule has 1 aliphatic heterocycles. The molecule has 0 amide bonds.